The molecule has 2 aliphatic rings. The van der Waals surface area contributed by atoms with Crippen molar-refractivity contribution in [1.29, 1.82) is 0 Å². The molecule has 0 saturated carbocycles. The molecule has 4 aromatic rings. The molecule has 2 atom stereocenters. The van der Waals surface area contributed by atoms with Crippen LogP contribution < -0.4 is 5.32 Å². The average Bonchev–Trinajstić information content (AvgIpc) is 3.40. The van der Waals surface area contributed by atoms with Gasteiger partial charge < -0.3 is 15.1 Å². The van der Waals surface area contributed by atoms with Crippen LogP contribution in [0.3, 0.4) is 0 Å². The minimum absolute atomic E-state index is 0.0653. The summed E-state index contributed by atoms with van der Waals surface area (Å²) in [4.78, 5) is 55.6. The van der Waals surface area contributed by atoms with Gasteiger partial charge in [0.2, 0.25) is 11.8 Å². The van der Waals surface area contributed by atoms with E-state index in [9.17, 15) is 28.9 Å². The summed E-state index contributed by atoms with van der Waals surface area (Å²) >= 11 is 0. The summed E-state index contributed by atoms with van der Waals surface area (Å²) in [5.74, 6) is -0.885. The van der Waals surface area contributed by atoms with Gasteiger partial charge in [-0.3, -0.25) is 24.7 Å². The number of hydrogen-bond donors (Lipinski definition) is 1. The van der Waals surface area contributed by atoms with Crippen molar-refractivity contribution in [2.45, 2.75) is 45.1 Å². The number of rotatable bonds is 10. The van der Waals surface area contributed by atoms with Crippen LogP contribution in [0.5, 0.6) is 0 Å². The molecule has 2 aliphatic heterocycles. The van der Waals surface area contributed by atoms with E-state index in [2.05, 4.69) is 5.32 Å². The van der Waals surface area contributed by atoms with Crippen LogP contribution in [0, 0.1) is 15.9 Å². The molecule has 12 heteroatoms. The number of halogens is 1. The molecule has 0 radical (unpaired) electrons. The van der Waals surface area contributed by atoms with E-state index in [1.165, 1.54) is 29.3 Å². The highest BCUT2D eigenvalue weighted by Crippen LogP contribution is 2.31. The van der Waals surface area contributed by atoms with Gasteiger partial charge in [-0.2, -0.15) is 5.01 Å². The van der Waals surface area contributed by atoms with E-state index in [4.69, 9.17) is 0 Å². The second-order valence-electron chi connectivity index (χ2n) is 11.8. The van der Waals surface area contributed by atoms with Gasteiger partial charge in [0.1, 0.15) is 18.0 Å². The Balaban J connectivity index is 1.31. The highest BCUT2D eigenvalue weighted by atomic mass is 19.1. The lowest BCUT2D eigenvalue weighted by atomic mass is 9.98. The number of amides is 4. The van der Waals surface area contributed by atoms with E-state index in [-0.39, 0.29) is 49.4 Å². The van der Waals surface area contributed by atoms with E-state index in [0.29, 0.717) is 25.1 Å². The van der Waals surface area contributed by atoms with Crippen LogP contribution in [-0.2, 0) is 29.1 Å². The predicted molar refractivity (Wildman–Crippen MR) is 173 cm³/mol. The first-order valence-corrected chi connectivity index (χ1v) is 15.6. The van der Waals surface area contributed by atoms with Gasteiger partial charge in [0.05, 0.1) is 18.0 Å². The van der Waals surface area contributed by atoms with Gasteiger partial charge in [-0.05, 0) is 46.0 Å². The fraction of sp³-hybridized carbons (Fsp3) is 0.286. The van der Waals surface area contributed by atoms with Gasteiger partial charge in [-0.25, -0.2) is 9.18 Å². The fourth-order valence-corrected chi connectivity index (χ4v) is 6.43. The summed E-state index contributed by atoms with van der Waals surface area (Å²) < 4.78 is 13.4. The molecule has 0 bridgehead atoms. The summed E-state index contributed by atoms with van der Waals surface area (Å²) in [6.45, 7) is 2.82. The van der Waals surface area contributed by atoms with Crippen LogP contribution >= 0.6 is 0 Å². The standard InChI is InChI=1S/C35H35FN6O5/c1-2-18-39(35(45)37-20-25-10-14-28(36)15-11-25)40-23-33(43)41-31(19-24-12-16-29(17-13-24)42(46)47)34(44)38(22-32(40)41)21-27-8-5-7-26-6-3-4-9-30(26)27/h3-17,31-32H,2,18-23H2,1H3,(H,37,45)/t31-,32+/m0/s1. The first-order chi connectivity index (χ1) is 22.7. The molecule has 4 aromatic carbocycles. The Hall–Kier alpha value is -5.36. The largest absolute Gasteiger partial charge is 0.333 e. The first kappa shape index (κ1) is 31.6. The van der Waals surface area contributed by atoms with Crippen LogP contribution in [0.15, 0.2) is 91.0 Å². The number of nitrogens with one attached hydrogen (secondary N) is 1. The normalized spacial score (nSPS) is 18.0. The molecule has 11 nitrogen and oxygen atoms in total. The quantitative estimate of drug-likeness (QED) is 0.196. The third kappa shape index (κ3) is 6.63. The zero-order valence-electron chi connectivity index (χ0n) is 25.9. The second kappa shape index (κ2) is 13.6. The zero-order chi connectivity index (χ0) is 33.1. The van der Waals surface area contributed by atoms with Gasteiger partial charge in [-0.15, -0.1) is 0 Å². The Labute approximate surface area is 271 Å². The molecular weight excluding hydrogens is 603 g/mol. The highest BCUT2D eigenvalue weighted by Gasteiger charge is 2.52. The van der Waals surface area contributed by atoms with Crippen LogP contribution in [0.4, 0.5) is 14.9 Å². The number of urea groups is 1. The summed E-state index contributed by atoms with van der Waals surface area (Å²) in [6.07, 6.45) is 0.150. The van der Waals surface area contributed by atoms with Crippen LogP contribution in [0.25, 0.3) is 10.8 Å². The molecule has 2 saturated heterocycles. The maximum atomic E-state index is 14.2. The lowest BCUT2D eigenvalue weighted by Gasteiger charge is -2.46. The summed E-state index contributed by atoms with van der Waals surface area (Å²) in [7, 11) is 0. The topological polar surface area (TPSA) is 119 Å². The molecule has 2 heterocycles. The van der Waals surface area contributed by atoms with E-state index >= 15 is 0 Å². The van der Waals surface area contributed by atoms with Gasteiger partial charge in [0.15, 0.2) is 0 Å². The molecule has 0 aromatic heterocycles. The molecule has 1 N–H and O–H groups in total. The minimum Gasteiger partial charge on any atom is -0.333 e. The Morgan fingerprint density at radius 2 is 1.68 bits per heavy atom. The van der Waals surface area contributed by atoms with E-state index in [0.717, 1.165) is 21.9 Å². The number of fused-ring (bicyclic) bond motifs is 2. The van der Waals surface area contributed by atoms with Crippen molar-refractivity contribution in [3.8, 4) is 0 Å². The van der Waals surface area contributed by atoms with Crippen molar-refractivity contribution in [3.05, 3.63) is 124 Å². The maximum absolute atomic E-state index is 14.2. The zero-order valence-corrected chi connectivity index (χ0v) is 25.9. The van der Waals surface area contributed by atoms with E-state index in [1.807, 2.05) is 49.4 Å². The molecule has 242 valence electrons. The number of carbonyl (C=O) groups is 3. The lowest BCUT2D eigenvalue weighted by Crippen LogP contribution is -2.66. The van der Waals surface area contributed by atoms with Crippen molar-refractivity contribution >= 4 is 34.3 Å². The Morgan fingerprint density at radius 3 is 2.40 bits per heavy atom. The second-order valence-corrected chi connectivity index (χ2v) is 11.8. The Kier molecular flexibility index (Phi) is 9.12. The maximum Gasteiger partial charge on any atom is 0.332 e. The van der Waals surface area contributed by atoms with Gasteiger partial charge in [0, 0.05) is 38.2 Å². The Bertz CT molecular complexity index is 1800. The van der Waals surface area contributed by atoms with Crippen molar-refractivity contribution in [2.75, 3.05) is 19.6 Å². The number of hydrogen-bond acceptors (Lipinski definition) is 6. The predicted octanol–water partition coefficient (Wildman–Crippen LogP) is 4.85. The van der Waals surface area contributed by atoms with Gasteiger partial charge in [0.25, 0.3) is 5.69 Å². The molecular formula is C35H35FN6O5. The molecule has 47 heavy (non-hydrogen) atoms. The monoisotopic (exact) mass is 638 g/mol. The van der Waals surface area contributed by atoms with Crippen LogP contribution in [-0.4, -0.2) is 74.4 Å². The van der Waals surface area contributed by atoms with E-state index in [1.54, 1.807) is 39.1 Å². The molecule has 0 aliphatic carbocycles. The number of nitro benzene ring substituents is 1. The average molecular weight is 639 g/mol. The smallest absolute Gasteiger partial charge is 0.332 e. The molecule has 2 fully saturated rings. The lowest BCUT2D eigenvalue weighted by molar-refractivity contribution is -0.384. The third-order valence-corrected chi connectivity index (χ3v) is 8.72. The van der Waals surface area contributed by atoms with Crippen molar-refractivity contribution < 1.29 is 23.7 Å². The molecule has 4 amide bonds. The van der Waals surface area contributed by atoms with Gasteiger partial charge in [-0.1, -0.05) is 73.7 Å². The number of benzene rings is 4. The molecule has 0 spiro atoms. The number of nitrogens with zero attached hydrogens (tertiary/aromatic N) is 5. The van der Waals surface area contributed by atoms with Crippen molar-refractivity contribution in [1.82, 2.24) is 25.1 Å². The number of hydrazine groups is 1. The summed E-state index contributed by atoms with van der Waals surface area (Å²) in [6, 6.07) is 24.4. The first-order valence-electron chi connectivity index (χ1n) is 15.6. The van der Waals surface area contributed by atoms with Gasteiger partial charge >= 0.3 is 6.03 Å². The minimum atomic E-state index is -0.881. The van der Waals surface area contributed by atoms with E-state index < -0.39 is 23.2 Å². The van der Waals surface area contributed by atoms with Crippen molar-refractivity contribution in [2.24, 2.45) is 0 Å². The fourth-order valence-electron chi connectivity index (χ4n) is 6.43. The summed E-state index contributed by atoms with van der Waals surface area (Å²) in [5, 5.41) is 19.5. The highest BCUT2D eigenvalue weighted by molar-refractivity contribution is 5.92. The molecule has 0 unspecified atom stereocenters. The number of piperazine rings is 1. The number of nitro groups is 1. The van der Waals surface area contributed by atoms with Crippen molar-refractivity contribution in [3.63, 3.8) is 0 Å². The number of carbonyl (C=O) groups excluding carboxylic acids is 3. The van der Waals surface area contributed by atoms with Crippen LogP contribution in [0.1, 0.15) is 30.0 Å². The third-order valence-electron chi connectivity index (χ3n) is 8.72. The Morgan fingerprint density at radius 1 is 0.979 bits per heavy atom. The summed E-state index contributed by atoms with van der Waals surface area (Å²) in [5.41, 5.74) is 2.29. The molecule has 6 rings (SSSR count). The number of non-ortho nitro benzene ring substituents is 1. The SMILES string of the molecule is CCCN(C(=O)NCc1ccc(F)cc1)N1CC(=O)N2[C@@H](Cc3ccc([N+](=O)[O-])cc3)C(=O)N(Cc3cccc4ccccc34)C[C@@H]21. The van der Waals surface area contributed by atoms with Crippen LogP contribution in [0.2, 0.25) is 0 Å².